The maximum Gasteiger partial charge on any atom is 0.125 e. The molecule has 104 valence electrons. The van der Waals surface area contributed by atoms with Crippen LogP contribution >= 0.6 is 0 Å². The van der Waals surface area contributed by atoms with Crippen LogP contribution in [-0.4, -0.2) is 12.1 Å². The van der Waals surface area contributed by atoms with E-state index in [1.807, 2.05) is 0 Å². The van der Waals surface area contributed by atoms with E-state index >= 15 is 0 Å². The molecule has 3 heteroatoms. The molecule has 1 heterocycles. The summed E-state index contributed by atoms with van der Waals surface area (Å²) >= 11 is 0. The highest BCUT2D eigenvalue weighted by atomic mass is 19.1. The Bertz CT molecular complexity index is 498. The fourth-order valence-corrected chi connectivity index (χ4v) is 3.18. The average molecular weight is 263 g/mol. The molecule has 19 heavy (non-hydrogen) atoms. The lowest BCUT2D eigenvalue weighted by Crippen LogP contribution is -2.47. The largest absolute Gasteiger partial charge is 0.487 e. The number of hydrogen-bond donors (Lipinski definition) is 1. The van der Waals surface area contributed by atoms with E-state index in [1.165, 1.54) is 18.9 Å². The standard InChI is InChI=1S/C16H22FNO/c1-4-18-13-10-16(3,15(2)7-8-15)19-14-6-5-11(17)9-12(13)14/h5-6,9,13,18H,4,7-8,10H2,1-3H3. The van der Waals surface area contributed by atoms with Crippen molar-refractivity contribution in [3.63, 3.8) is 0 Å². The molecule has 3 rings (SSSR count). The van der Waals surface area contributed by atoms with Crippen molar-refractivity contribution in [2.75, 3.05) is 6.54 Å². The maximum absolute atomic E-state index is 13.5. The van der Waals surface area contributed by atoms with Crippen molar-refractivity contribution in [1.82, 2.24) is 5.32 Å². The molecule has 1 aliphatic carbocycles. The van der Waals surface area contributed by atoms with Gasteiger partial charge in [0.15, 0.2) is 0 Å². The Kier molecular flexibility index (Phi) is 2.86. The Hall–Kier alpha value is -1.09. The van der Waals surface area contributed by atoms with Crippen LogP contribution in [0, 0.1) is 11.2 Å². The molecule has 0 amide bonds. The zero-order valence-electron chi connectivity index (χ0n) is 11.9. The van der Waals surface area contributed by atoms with Crippen molar-refractivity contribution in [3.05, 3.63) is 29.6 Å². The number of nitrogens with one attached hydrogen (secondary N) is 1. The van der Waals surface area contributed by atoms with Gasteiger partial charge in [0.1, 0.15) is 17.2 Å². The van der Waals surface area contributed by atoms with Crippen LogP contribution in [0.2, 0.25) is 0 Å². The lowest BCUT2D eigenvalue weighted by Gasteiger charge is -2.44. The first-order valence-electron chi connectivity index (χ1n) is 7.19. The summed E-state index contributed by atoms with van der Waals surface area (Å²) < 4.78 is 19.7. The molecule has 2 nitrogen and oxygen atoms in total. The second-order valence-corrected chi connectivity index (χ2v) is 6.39. The molecular weight excluding hydrogens is 241 g/mol. The highest BCUT2D eigenvalue weighted by molar-refractivity contribution is 5.40. The summed E-state index contributed by atoms with van der Waals surface area (Å²) in [4.78, 5) is 0. The van der Waals surface area contributed by atoms with Crippen LogP contribution in [0.4, 0.5) is 4.39 Å². The van der Waals surface area contributed by atoms with Crippen LogP contribution in [-0.2, 0) is 0 Å². The number of hydrogen-bond acceptors (Lipinski definition) is 2. The zero-order chi connectivity index (χ0) is 13.7. The SMILES string of the molecule is CCNC1CC(C)(C2(C)CC2)Oc2ccc(F)cc21. The van der Waals surface area contributed by atoms with Crippen molar-refractivity contribution >= 4 is 0 Å². The minimum Gasteiger partial charge on any atom is -0.487 e. The number of fused-ring (bicyclic) bond motifs is 1. The number of halogens is 1. The fraction of sp³-hybridized carbons (Fsp3) is 0.625. The van der Waals surface area contributed by atoms with Gasteiger partial charge >= 0.3 is 0 Å². The summed E-state index contributed by atoms with van der Waals surface area (Å²) in [5.74, 6) is 0.653. The zero-order valence-corrected chi connectivity index (χ0v) is 11.9. The van der Waals surface area contributed by atoms with Crippen molar-refractivity contribution < 1.29 is 9.13 Å². The molecule has 1 aromatic rings. The van der Waals surface area contributed by atoms with Crippen molar-refractivity contribution in [2.45, 2.75) is 51.7 Å². The Balaban J connectivity index is 1.99. The van der Waals surface area contributed by atoms with Gasteiger partial charge in [-0.1, -0.05) is 13.8 Å². The van der Waals surface area contributed by atoms with Gasteiger partial charge in [0, 0.05) is 23.4 Å². The van der Waals surface area contributed by atoms with E-state index in [9.17, 15) is 4.39 Å². The van der Waals surface area contributed by atoms with E-state index in [4.69, 9.17) is 4.74 Å². The van der Waals surface area contributed by atoms with Crippen LogP contribution in [0.15, 0.2) is 18.2 Å². The summed E-state index contributed by atoms with van der Waals surface area (Å²) in [5.41, 5.74) is 1.08. The minimum absolute atomic E-state index is 0.148. The summed E-state index contributed by atoms with van der Waals surface area (Å²) in [6.45, 7) is 7.47. The average Bonchev–Trinajstić information content (AvgIpc) is 3.11. The Morgan fingerprint density at radius 2 is 2.11 bits per heavy atom. The Morgan fingerprint density at radius 3 is 2.74 bits per heavy atom. The third-order valence-electron chi connectivity index (χ3n) is 5.00. The van der Waals surface area contributed by atoms with E-state index in [0.29, 0.717) is 0 Å². The van der Waals surface area contributed by atoms with Gasteiger partial charge in [-0.05, 0) is 44.5 Å². The first-order chi connectivity index (χ1) is 8.97. The molecular formula is C16H22FNO. The van der Waals surface area contributed by atoms with Crippen LogP contribution in [0.5, 0.6) is 5.75 Å². The van der Waals surface area contributed by atoms with Gasteiger partial charge in [-0.25, -0.2) is 4.39 Å². The van der Waals surface area contributed by atoms with Crippen molar-refractivity contribution in [2.24, 2.45) is 5.41 Å². The van der Waals surface area contributed by atoms with Gasteiger partial charge in [-0.3, -0.25) is 0 Å². The van der Waals surface area contributed by atoms with E-state index in [-0.39, 0.29) is 22.9 Å². The molecule has 1 N–H and O–H groups in total. The van der Waals surface area contributed by atoms with Crippen LogP contribution in [0.1, 0.15) is 51.6 Å². The lowest BCUT2D eigenvalue weighted by molar-refractivity contribution is -0.0133. The summed E-state index contributed by atoms with van der Waals surface area (Å²) in [6, 6.07) is 5.06. The quantitative estimate of drug-likeness (QED) is 0.895. The maximum atomic E-state index is 13.5. The van der Waals surface area contributed by atoms with Crippen LogP contribution < -0.4 is 10.1 Å². The van der Waals surface area contributed by atoms with E-state index in [1.54, 1.807) is 12.1 Å². The first kappa shape index (κ1) is 12.9. The van der Waals surface area contributed by atoms with Gasteiger partial charge in [0.05, 0.1) is 0 Å². The van der Waals surface area contributed by atoms with Crippen LogP contribution in [0.3, 0.4) is 0 Å². The molecule has 0 aromatic heterocycles. The molecule has 2 atom stereocenters. The molecule has 2 unspecified atom stereocenters. The number of benzene rings is 1. The van der Waals surface area contributed by atoms with Gasteiger partial charge in [0.25, 0.3) is 0 Å². The van der Waals surface area contributed by atoms with Crippen LogP contribution in [0.25, 0.3) is 0 Å². The molecule has 0 spiro atoms. The van der Waals surface area contributed by atoms with E-state index in [0.717, 1.165) is 24.3 Å². The Labute approximate surface area is 114 Å². The first-order valence-corrected chi connectivity index (χ1v) is 7.19. The van der Waals surface area contributed by atoms with Gasteiger partial charge in [-0.2, -0.15) is 0 Å². The number of ether oxygens (including phenoxy) is 1. The molecule has 2 aliphatic rings. The Morgan fingerprint density at radius 1 is 1.37 bits per heavy atom. The third-order valence-corrected chi connectivity index (χ3v) is 5.00. The highest BCUT2D eigenvalue weighted by Crippen LogP contribution is 2.59. The monoisotopic (exact) mass is 263 g/mol. The fourth-order valence-electron chi connectivity index (χ4n) is 3.18. The molecule has 1 saturated carbocycles. The van der Waals surface area contributed by atoms with Gasteiger partial charge < -0.3 is 10.1 Å². The highest BCUT2D eigenvalue weighted by Gasteiger charge is 2.57. The predicted octanol–water partition coefficient (Wildman–Crippen LogP) is 3.82. The summed E-state index contributed by atoms with van der Waals surface area (Å²) in [5, 5.41) is 3.48. The molecule has 1 fully saturated rings. The second-order valence-electron chi connectivity index (χ2n) is 6.39. The smallest absolute Gasteiger partial charge is 0.125 e. The summed E-state index contributed by atoms with van der Waals surface area (Å²) in [7, 11) is 0. The lowest BCUT2D eigenvalue weighted by atomic mass is 9.78. The molecule has 0 bridgehead atoms. The number of rotatable bonds is 3. The van der Waals surface area contributed by atoms with E-state index in [2.05, 4.69) is 26.1 Å². The topological polar surface area (TPSA) is 21.3 Å². The molecule has 0 saturated heterocycles. The molecule has 1 aromatic carbocycles. The minimum atomic E-state index is -0.188. The van der Waals surface area contributed by atoms with Crippen molar-refractivity contribution in [1.29, 1.82) is 0 Å². The van der Waals surface area contributed by atoms with Crippen molar-refractivity contribution in [3.8, 4) is 5.75 Å². The van der Waals surface area contributed by atoms with E-state index < -0.39 is 0 Å². The summed E-state index contributed by atoms with van der Waals surface area (Å²) in [6.07, 6.45) is 3.35. The molecule has 1 aliphatic heterocycles. The molecule has 0 radical (unpaired) electrons. The van der Waals surface area contributed by atoms with Gasteiger partial charge in [0.2, 0.25) is 0 Å². The normalized spacial score (nSPS) is 31.5. The third kappa shape index (κ3) is 2.04. The predicted molar refractivity (Wildman–Crippen MR) is 73.8 cm³/mol. The second kappa shape index (κ2) is 4.20. The van der Waals surface area contributed by atoms with Gasteiger partial charge in [-0.15, -0.1) is 0 Å².